The molecule has 5 aromatic rings. The fourth-order valence-electron chi connectivity index (χ4n) is 3.61. The molecule has 0 bridgehead atoms. The van der Waals surface area contributed by atoms with E-state index in [2.05, 4.69) is 20.4 Å². The number of pyridine rings is 2. The first-order chi connectivity index (χ1) is 15.7. The van der Waals surface area contributed by atoms with Crippen LogP contribution in [0, 0.1) is 6.92 Å². The number of carbonyl (C=O) groups excluding carboxylic acids is 1. The number of anilines is 1. The van der Waals surface area contributed by atoms with Gasteiger partial charge in [0.15, 0.2) is 0 Å². The van der Waals surface area contributed by atoms with E-state index < -0.39 is 0 Å². The van der Waals surface area contributed by atoms with E-state index in [-0.39, 0.29) is 5.91 Å². The maximum absolute atomic E-state index is 13.1. The lowest BCUT2D eigenvalue weighted by Crippen LogP contribution is -2.14. The number of fused-ring (bicyclic) bond motifs is 1. The number of methoxy groups -OCH3 is 1. The van der Waals surface area contributed by atoms with Crippen molar-refractivity contribution in [1.29, 1.82) is 0 Å². The van der Waals surface area contributed by atoms with Crippen LogP contribution in [0.5, 0.6) is 5.88 Å². The maximum Gasteiger partial charge on any atom is 0.261 e. The van der Waals surface area contributed by atoms with Crippen LogP contribution in [0.15, 0.2) is 77.6 Å². The number of aromatic nitrogens is 4. The molecule has 158 valence electrons. The van der Waals surface area contributed by atoms with E-state index in [1.807, 2.05) is 65.2 Å². The molecular formula is C24H19N5O3. The van der Waals surface area contributed by atoms with Crippen molar-refractivity contribution in [2.24, 2.45) is 0 Å². The van der Waals surface area contributed by atoms with Gasteiger partial charge in [-0.25, -0.2) is 9.97 Å². The zero-order chi connectivity index (χ0) is 22.1. The minimum absolute atomic E-state index is 0.295. The second kappa shape index (κ2) is 7.99. The first-order valence-electron chi connectivity index (χ1n) is 9.96. The summed E-state index contributed by atoms with van der Waals surface area (Å²) in [4.78, 5) is 22.1. The summed E-state index contributed by atoms with van der Waals surface area (Å²) in [6.07, 6.45) is 3.60. The zero-order valence-electron chi connectivity index (χ0n) is 17.4. The highest BCUT2D eigenvalue weighted by Gasteiger charge is 2.23. The monoisotopic (exact) mass is 425 g/mol. The van der Waals surface area contributed by atoms with E-state index in [9.17, 15) is 4.79 Å². The summed E-state index contributed by atoms with van der Waals surface area (Å²) in [7, 11) is 1.51. The molecule has 4 aromatic heterocycles. The Hall–Kier alpha value is -4.46. The van der Waals surface area contributed by atoms with Gasteiger partial charge in [0.25, 0.3) is 5.91 Å². The van der Waals surface area contributed by atoms with Gasteiger partial charge >= 0.3 is 0 Å². The summed E-state index contributed by atoms with van der Waals surface area (Å²) in [5.74, 6) is 0.368. The van der Waals surface area contributed by atoms with Gasteiger partial charge in [0, 0.05) is 18.0 Å². The van der Waals surface area contributed by atoms with Crippen LogP contribution in [0.1, 0.15) is 16.1 Å². The van der Waals surface area contributed by atoms with Crippen LogP contribution in [0.2, 0.25) is 0 Å². The topological polar surface area (TPSA) is 94.6 Å². The van der Waals surface area contributed by atoms with E-state index in [1.54, 1.807) is 19.2 Å². The van der Waals surface area contributed by atoms with Crippen molar-refractivity contribution in [3.8, 4) is 28.5 Å². The number of hydrogen-bond donors (Lipinski definition) is 1. The highest BCUT2D eigenvalue weighted by molar-refractivity contribution is 6.09. The van der Waals surface area contributed by atoms with Crippen molar-refractivity contribution in [1.82, 2.24) is 19.5 Å². The number of amides is 1. The highest BCUT2D eigenvalue weighted by atomic mass is 16.5. The van der Waals surface area contributed by atoms with Gasteiger partial charge in [-0.3, -0.25) is 9.20 Å². The highest BCUT2D eigenvalue weighted by Crippen LogP contribution is 2.30. The SMILES string of the molecule is COc1nc(-c2cccc3nccn23)ccc1NC(=O)c1c(-c2ccccc2)noc1C. The second-order valence-electron chi connectivity index (χ2n) is 7.10. The van der Waals surface area contributed by atoms with Crippen LogP contribution in [-0.4, -0.2) is 32.5 Å². The molecule has 8 nitrogen and oxygen atoms in total. The number of aryl methyl sites for hydroxylation is 1. The molecule has 0 fully saturated rings. The van der Waals surface area contributed by atoms with Crippen LogP contribution in [0.25, 0.3) is 28.3 Å². The molecule has 1 aromatic carbocycles. The van der Waals surface area contributed by atoms with Crippen molar-refractivity contribution in [2.75, 3.05) is 12.4 Å². The van der Waals surface area contributed by atoms with Crippen LogP contribution in [0.4, 0.5) is 5.69 Å². The van der Waals surface area contributed by atoms with Crippen molar-refractivity contribution < 1.29 is 14.1 Å². The molecule has 0 saturated carbocycles. The summed E-state index contributed by atoms with van der Waals surface area (Å²) in [6.45, 7) is 1.71. The van der Waals surface area contributed by atoms with Gasteiger partial charge in [-0.15, -0.1) is 0 Å². The van der Waals surface area contributed by atoms with Gasteiger partial charge in [0.2, 0.25) is 5.88 Å². The average Bonchev–Trinajstić information content (AvgIpc) is 3.46. The molecule has 1 N–H and O–H groups in total. The predicted molar refractivity (Wildman–Crippen MR) is 120 cm³/mol. The molecule has 0 aliphatic carbocycles. The Bertz CT molecular complexity index is 1420. The molecule has 1 amide bonds. The number of nitrogens with one attached hydrogen (secondary N) is 1. The number of benzene rings is 1. The summed E-state index contributed by atoms with van der Waals surface area (Å²) in [6, 6.07) is 18.8. The first-order valence-corrected chi connectivity index (χ1v) is 9.96. The fraction of sp³-hybridized carbons (Fsp3) is 0.0833. The fourth-order valence-corrected chi connectivity index (χ4v) is 3.61. The lowest BCUT2D eigenvalue weighted by Gasteiger charge is -2.12. The van der Waals surface area contributed by atoms with Crippen molar-refractivity contribution in [2.45, 2.75) is 6.92 Å². The zero-order valence-corrected chi connectivity index (χ0v) is 17.4. The average molecular weight is 425 g/mol. The molecule has 5 rings (SSSR count). The summed E-state index contributed by atoms with van der Waals surface area (Å²) in [5, 5.41) is 6.96. The second-order valence-corrected chi connectivity index (χ2v) is 7.10. The van der Waals surface area contributed by atoms with Gasteiger partial charge in [-0.1, -0.05) is 41.6 Å². The van der Waals surface area contributed by atoms with Gasteiger partial charge in [0.1, 0.15) is 28.4 Å². The number of ether oxygens (including phenoxy) is 1. The van der Waals surface area contributed by atoms with Gasteiger partial charge < -0.3 is 14.6 Å². The number of nitrogens with zero attached hydrogens (tertiary/aromatic N) is 4. The third kappa shape index (κ3) is 3.37. The molecule has 8 heteroatoms. The lowest BCUT2D eigenvalue weighted by atomic mass is 10.1. The van der Waals surface area contributed by atoms with E-state index in [0.717, 1.165) is 16.9 Å². The van der Waals surface area contributed by atoms with E-state index in [1.165, 1.54) is 7.11 Å². The number of hydrogen-bond acceptors (Lipinski definition) is 6. The Morgan fingerprint density at radius 3 is 2.72 bits per heavy atom. The molecular weight excluding hydrogens is 406 g/mol. The third-order valence-corrected chi connectivity index (χ3v) is 5.13. The van der Waals surface area contributed by atoms with Crippen molar-refractivity contribution in [3.05, 3.63) is 84.4 Å². The molecule has 32 heavy (non-hydrogen) atoms. The molecule has 0 radical (unpaired) electrons. The summed E-state index contributed by atoms with van der Waals surface area (Å²) in [5.41, 5.74) is 4.45. The maximum atomic E-state index is 13.1. The first kappa shape index (κ1) is 19.5. The van der Waals surface area contributed by atoms with Crippen LogP contribution in [-0.2, 0) is 0 Å². The molecule has 0 unspecified atom stereocenters. The number of rotatable bonds is 5. The molecule has 0 aliphatic rings. The molecule has 4 heterocycles. The largest absolute Gasteiger partial charge is 0.479 e. The van der Waals surface area contributed by atoms with Gasteiger partial charge in [-0.2, -0.15) is 0 Å². The Kier molecular flexibility index (Phi) is 4.87. The Morgan fingerprint density at radius 2 is 1.91 bits per heavy atom. The molecule has 0 aliphatic heterocycles. The molecule has 0 atom stereocenters. The molecule has 0 spiro atoms. The Morgan fingerprint density at radius 1 is 1.06 bits per heavy atom. The van der Waals surface area contributed by atoms with Crippen molar-refractivity contribution in [3.63, 3.8) is 0 Å². The molecule has 0 saturated heterocycles. The van der Waals surface area contributed by atoms with E-state index in [0.29, 0.717) is 34.3 Å². The standard InChI is InChI=1S/C24H19N5O3/c1-15-21(22(28-32-15)16-7-4-3-5-8-16)23(30)26-18-12-11-17(27-24(18)31-2)19-9-6-10-20-25-13-14-29(19)20/h3-14H,1-2H3,(H,26,30). The van der Waals surface area contributed by atoms with Crippen LogP contribution >= 0.6 is 0 Å². The van der Waals surface area contributed by atoms with Crippen molar-refractivity contribution >= 4 is 17.2 Å². The van der Waals surface area contributed by atoms with Crippen LogP contribution in [0.3, 0.4) is 0 Å². The van der Waals surface area contributed by atoms with E-state index >= 15 is 0 Å². The minimum Gasteiger partial charge on any atom is -0.479 e. The van der Waals surface area contributed by atoms with Gasteiger partial charge in [-0.05, 0) is 31.2 Å². The smallest absolute Gasteiger partial charge is 0.261 e. The predicted octanol–water partition coefficient (Wildman–Crippen LogP) is 4.62. The normalized spacial score (nSPS) is 10.9. The number of carbonyl (C=O) groups is 1. The summed E-state index contributed by atoms with van der Waals surface area (Å²) < 4.78 is 12.7. The van der Waals surface area contributed by atoms with E-state index in [4.69, 9.17) is 9.26 Å². The third-order valence-electron chi connectivity index (χ3n) is 5.13. The Balaban J connectivity index is 1.49. The Labute approximate surface area is 183 Å². The number of imidazole rings is 1. The van der Waals surface area contributed by atoms with Crippen LogP contribution < -0.4 is 10.1 Å². The minimum atomic E-state index is -0.354. The van der Waals surface area contributed by atoms with Gasteiger partial charge in [0.05, 0.1) is 18.5 Å². The summed E-state index contributed by atoms with van der Waals surface area (Å²) >= 11 is 0. The lowest BCUT2D eigenvalue weighted by molar-refractivity contribution is 0.102. The quantitative estimate of drug-likeness (QED) is 0.442.